The first-order valence-electron chi connectivity index (χ1n) is 10.4. The summed E-state index contributed by atoms with van der Waals surface area (Å²) >= 11 is 1.89. The van der Waals surface area contributed by atoms with Gasteiger partial charge < -0.3 is 4.42 Å². The van der Waals surface area contributed by atoms with Crippen LogP contribution in [-0.4, -0.2) is 0 Å². The number of thiophene rings is 1. The molecule has 7 rings (SSSR count). The number of allylic oxidation sites excluding steroid dienone is 4. The lowest BCUT2D eigenvalue weighted by atomic mass is 9.96. The Balaban J connectivity index is 1.65. The lowest BCUT2D eigenvalue weighted by Crippen LogP contribution is -1.85. The third-order valence-corrected chi connectivity index (χ3v) is 7.49. The number of hydrogen-bond acceptors (Lipinski definition) is 2. The van der Waals surface area contributed by atoms with Crippen LogP contribution in [0.15, 0.2) is 89.4 Å². The van der Waals surface area contributed by atoms with E-state index in [1.54, 1.807) is 0 Å². The van der Waals surface area contributed by atoms with Crippen LogP contribution in [0.1, 0.15) is 18.4 Å². The van der Waals surface area contributed by atoms with E-state index in [9.17, 15) is 0 Å². The summed E-state index contributed by atoms with van der Waals surface area (Å²) in [6, 6.07) is 24.2. The number of furan rings is 1. The molecule has 6 aromatic rings. The van der Waals surface area contributed by atoms with E-state index in [0.717, 1.165) is 24.0 Å². The van der Waals surface area contributed by atoms with Gasteiger partial charge in [-0.15, -0.1) is 11.3 Å². The molecule has 0 spiro atoms. The highest BCUT2D eigenvalue weighted by molar-refractivity contribution is 7.26. The van der Waals surface area contributed by atoms with Gasteiger partial charge in [-0.3, -0.25) is 0 Å². The molecule has 0 unspecified atom stereocenters. The van der Waals surface area contributed by atoms with Crippen molar-refractivity contribution in [3.05, 3.63) is 90.5 Å². The second-order valence-electron chi connectivity index (χ2n) is 8.03. The van der Waals surface area contributed by atoms with Crippen molar-refractivity contribution in [2.45, 2.75) is 12.8 Å². The standard InChI is InChI=1S/C28H18OS/c1-2-6-17(7-3-1)19-12-14-23-22(16-19)27-24(29-23)15-11-18-10-13-21-20-8-4-5-9-25(20)30-28(21)26(18)27/h2,4-16H,1,3H2. The van der Waals surface area contributed by atoms with Gasteiger partial charge in [0.2, 0.25) is 0 Å². The summed E-state index contributed by atoms with van der Waals surface area (Å²) in [5, 5.41) is 7.70. The highest BCUT2D eigenvalue weighted by atomic mass is 32.1. The van der Waals surface area contributed by atoms with Crippen LogP contribution in [0.3, 0.4) is 0 Å². The van der Waals surface area contributed by atoms with Crippen molar-refractivity contribution in [3.63, 3.8) is 0 Å². The third-order valence-electron chi connectivity index (χ3n) is 6.29. The number of fused-ring (bicyclic) bond motifs is 9. The zero-order valence-corrected chi connectivity index (χ0v) is 17.1. The molecule has 0 saturated heterocycles. The quantitative estimate of drug-likeness (QED) is 0.268. The summed E-state index contributed by atoms with van der Waals surface area (Å²) in [7, 11) is 0. The Kier molecular flexibility index (Phi) is 3.33. The molecule has 1 aliphatic carbocycles. The third kappa shape index (κ3) is 2.23. The molecule has 1 nitrogen and oxygen atoms in total. The Bertz CT molecular complexity index is 1690. The maximum absolute atomic E-state index is 6.29. The first-order chi connectivity index (χ1) is 14.9. The summed E-state index contributed by atoms with van der Waals surface area (Å²) in [5.41, 5.74) is 4.50. The average molecular weight is 403 g/mol. The molecule has 0 fully saturated rings. The van der Waals surface area contributed by atoms with Gasteiger partial charge >= 0.3 is 0 Å². The van der Waals surface area contributed by atoms with Crippen molar-refractivity contribution < 1.29 is 4.42 Å². The van der Waals surface area contributed by atoms with Gasteiger partial charge in [0.15, 0.2) is 0 Å². The molecule has 4 aromatic carbocycles. The lowest BCUT2D eigenvalue weighted by molar-refractivity contribution is 0.669. The van der Waals surface area contributed by atoms with E-state index in [4.69, 9.17) is 4.42 Å². The highest BCUT2D eigenvalue weighted by Crippen LogP contribution is 2.44. The average Bonchev–Trinajstić information content (AvgIpc) is 3.37. The topological polar surface area (TPSA) is 13.1 Å². The Morgan fingerprint density at radius 3 is 2.57 bits per heavy atom. The second kappa shape index (κ2) is 6.07. The first kappa shape index (κ1) is 16.4. The molecule has 0 atom stereocenters. The Labute approximate surface area is 177 Å². The molecule has 0 N–H and O–H groups in total. The zero-order valence-electron chi connectivity index (χ0n) is 16.3. The van der Waals surface area contributed by atoms with Crippen molar-refractivity contribution in [3.8, 4) is 0 Å². The van der Waals surface area contributed by atoms with E-state index in [1.807, 2.05) is 11.3 Å². The molecular formula is C28H18OS. The zero-order chi connectivity index (χ0) is 19.7. The van der Waals surface area contributed by atoms with Crippen molar-refractivity contribution >= 4 is 69.8 Å². The number of rotatable bonds is 1. The Morgan fingerprint density at radius 1 is 0.733 bits per heavy atom. The smallest absolute Gasteiger partial charge is 0.136 e. The van der Waals surface area contributed by atoms with Crippen LogP contribution in [-0.2, 0) is 0 Å². The molecule has 0 aliphatic heterocycles. The van der Waals surface area contributed by atoms with Gasteiger partial charge in [0.25, 0.3) is 0 Å². The van der Waals surface area contributed by atoms with E-state index in [2.05, 4.69) is 85.0 Å². The fraction of sp³-hybridized carbons (Fsp3) is 0.0714. The maximum atomic E-state index is 6.29. The Morgan fingerprint density at radius 2 is 1.63 bits per heavy atom. The predicted molar refractivity (Wildman–Crippen MR) is 130 cm³/mol. The van der Waals surface area contributed by atoms with E-state index in [-0.39, 0.29) is 0 Å². The van der Waals surface area contributed by atoms with E-state index in [0.29, 0.717) is 0 Å². The van der Waals surface area contributed by atoms with E-state index in [1.165, 1.54) is 52.9 Å². The van der Waals surface area contributed by atoms with Gasteiger partial charge in [-0.1, -0.05) is 60.7 Å². The molecule has 2 heteroatoms. The minimum Gasteiger partial charge on any atom is -0.456 e. The van der Waals surface area contributed by atoms with Crippen LogP contribution >= 0.6 is 11.3 Å². The SMILES string of the molecule is C1=CC(c2ccc3oc4ccc5ccc6c7ccccc7sc6c5c4c3c2)=CCC1. The van der Waals surface area contributed by atoms with E-state index >= 15 is 0 Å². The van der Waals surface area contributed by atoms with Crippen LogP contribution in [0.2, 0.25) is 0 Å². The first-order valence-corrected chi connectivity index (χ1v) is 11.2. The molecule has 0 bridgehead atoms. The van der Waals surface area contributed by atoms with Crippen LogP contribution in [0.4, 0.5) is 0 Å². The minimum atomic E-state index is 0.958. The van der Waals surface area contributed by atoms with Gasteiger partial charge in [-0.2, -0.15) is 0 Å². The maximum Gasteiger partial charge on any atom is 0.136 e. The van der Waals surface area contributed by atoms with Crippen molar-refractivity contribution in [1.29, 1.82) is 0 Å². The van der Waals surface area contributed by atoms with Gasteiger partial charge in [-0.25, -0.2) is 0 Å². The largest absolute Gasteiger partial charge is 0.456 e. The van der Waals surface area contributed by atoms with Crippen LogP contribution < -0.4 is 0 Å². The van der Waals surface area contributed by atoms with Crippen molar-refractivity contribution in [2.75, 3.05) is 0 Å². The second-order valence-corrected chi connectivity index (χ2v) is 9.08. The van der Waals surface area contributed by atoms with Gasteiger partial charge in [0, 0.05) is 36.3 Å². The summed E-state index contributed by atoms with van der Waals surface area (Å²) in [6.07, 6.45) is 9.10. The molecule has 2 heterocycles. The monoisotopic (exact) mass is 402 g/mol. The van der Waals surface area contributed by atoms with Gasteiger partial charge in [0.1, 0.15) is 11.2 Å². The summed E-state index contributed by atoms with van der Waals surface area (Å²) in [6.45, 7) is 0. The highest BCUT2D eigenvalue weighted by Gasteiger charge is 2.16. The predicted octanol–water partition coefficient (Wildman–Crippen LogP) is 8.84. The molecule has 30 heavy (non-hydrogen) atoms. The van der Waals surface area contributed by atoms with Crippen LogP contribution in [0.25, 0.3) is 58.5 Å². The molecule has 1 aliphatic rings. The lowest BCUT2D eigenvalue weighted by Gasteiger charge is -2.07. The molecule has 0 amide bonds. The molecular weight excluding hydrogens is 384 g/mol. The van der Waals surface area contributed by atoms with Crippen molar-refractivity contribution in [1.82, 2.24) is 0 Å². The summed E-state index contributed by atoms with van der Waals surface area (Å²) in [4.78, 5) is 0. The van der Waals surface area contributed by atoms with Crippen molar-refractivity contribution in [2.24, 2.45) is 0 Å². The Hall–Kier alpha value is -3.36. The van der Waals surface area contributed by atoms with Gasteiger partial charge in [0.05, 0.1) is 0 Å². The van der Waals surface area contributed by atoms with E-state index < -0.39 is 0 Å². The fourth-order valence-electron chi connectivity index (χ4n) is 4.87. The molecule has 0 saturated carbocycles. The molecule has 0 radical (unpaired) electrons. The summed E-state index contributed by atoms with van der Waals surface area (Å²) < 4.78 is 8.98. The molecule has 2 aromatic heterocycles. The normalized spacial score (nSPS) is 14.5. The van der Waals surface area contributed by atoms with Gasteiger partial charge in [-0.05, 0) is 53.6 Å². The van der Waals surface area contributed by atoms with Crippen LogP contribution in [0.5, 0.6) is 0 Å². The minimum absolute atomic E-state index is 0.958. The number of hydrogen-bond donors (Lipinski definition) is 0. The fourth-order valence-corrected chi connectivity index (χ4v) is 6.13. The molecule has 142 valence electrons. The van der Waals surface area contributed by atoms with Crippen LogP contribution in [0, 0.1) is 0 Å². The number of benzene rings is 4. The summed E-state index contributed by atoms with van der Waals surface area (Å²) in [5.74, 6) is 0.